The molecule has 1 saturated heterocycles. The molecule has 0 radical (unpaired) electrons. The molecule has 1 aliphatic heterocycles. The fraction of sp³-hybridized carbons (Fsp3) is 0.269. The number of hydrogen-bond acceptors (Lipinski definition) is 4. The Hall–Kier alpha value is -3.31. The van der Waals surface area contributed by atoms with Crippen LogP contribution in [0.1, 0.15) is 30.0 Å². The van der Waals surface area contributed by atoms with Crippen molar-refractivity contribution in [1.29, 1.82) is 0 Å². The molecule has 0 amide bonds. The highest BCUT2D eigenvalue weighted by Crippen LogP contribution is 2.37. The van der Waals surface area contributed by atoms with E-state index >= 15 is 0 Å². The van der Waals surface area contributed by atoms with E-state index in [1.54, 1.807) is 13.2 Å². The zero-order chi connectivity index (χ0) is 21.2. The number of likely N-dealkylation sites (tertiary alicyclic amines) is 1. The van der Waals surface area contributed by atoms with Gasteiger partial charge in [-0.1, -0.05) is 48.5 Å². The number of phenolic OH excluding ortho intramolecular Hbond substituents is 1. The molecule has 1 aliphatic rings. The number of H-pyrrole nitrogens is 1. The monoisotopic (exact) mass is 413 g/mol. The summed E-state index contributed by atoms with van der Waals surface area (Å²) in [5.41, 5.74) is 4.46. The molecule has 2 heterocycles. The maximum absolute atomic E-state index is 10.4. The number of rotatable bonds is 5. The van der Waals surface area contributed by atoms with Gasteiger partial charge in [-0.3, -0.25) is 10.00 Å². The number of phenols is 1. The minimum atomic E-state index is 0.291. The summed E-state index contributed by atoms with van der Waals surface area (Å²) in [6, 6.07) is 20.4. The van der Waals surface area contributed by atoms with Crippen LogP contribution in [0.25, 0.3) is 21.9 Å². The molecule has 1 atom stereocenters. The van der Waals surface area contributed by atoms with Gasteiger partial charge in [-0.15, -0.1) is 0 Å². The standard InChI is InChI=1S/C26H27N3O2/c1-31-25-13-5-12-24(30)23(25)17-29-14-6-9-19(16-29)26-22(15-27-28-26)21-11-4-8-18-7-2-3-10-20(18)21/h2-5,7-8,10-13,15,19,30H,6,9,14,16-17H2,1H3,(H,27,28). The first-order chi connectivity index (χ1) is 15.2. The average Bonchev–Trinajstić information content (AvgIpc) is 3.30. The molecule has 0 saturated carbocycles. The lowest BCUT2D eigenvalue weighted by Gasteiger charge is -2.33. The number of hydrogen-bond donors (Lipinski definition) is 2. The van der Waals surface area contributed by atoms with E-state index in [0.717, 1.165) is 37.2 Å². The molecule has 0 spiro atoms. The lowest BCUT2D eigenvalue weighted by atomic mass is 9.89. The molecule has 5 nitrogen and oxygen atoms in total. The smallest absolute Gasteiger partial charge is 0.127 e. The highest BCUT2D eigenvalue weighted by atomic mass is 16.5. The van der Waals surface area contributed by atoms with Crippen molar-refractivity contribution in [3.8, 4) is 22.6 Å². The van der Waals surface area contributed by atoms with Crippen LogP contribution < -0.4 is 4.74 Å². The van der Waals surface area contributed by atoms with Crippen molar-refractivity contribution in [2.24, 2.45) is 0 Å². The third-order valence-electron chi connectivity index (χ3n) is 6.37. The van der Waals surface area contributed by atoms with E-state index in [4.69, 9.17) is 4.74 Å². The normalized spacial score (nSPS) is 17.1. The molecule has 5 heteroatoms. The summed E-state index contributed by atoms with van der Waals surface area (Å²) in [7, 11) is 1.65. The first kappa shape index (κ1) is 19.6. The molecule has 1 unspecified atom stereocenters. The Bertz CT molecular complexity index is 1190. The first-order valence-electron chi connectivity index (χ1n) is 10.8. The summed E-state index contributed by atoms with van der Waals surface area (Å²) < 4.78 is 5.48. The van der Waals surface area contributed by atoms with Gasteiger partial charge < -0.3 is 9.84 Å². The topological polar surface area (TPSA) is 61.4 Å². The Morgan fingerprint density at radius 3 is 2.81 bits per heavy atom. The van der Waals surface area contributed by atoms with Gasteiger partial charge in [0.15, 0.2) is 0 Å². The van der Waals surface area contributed by atoms with Gasteiger partial charge in [0.25, 0.3) is 0 Å². The fourth-order valence-electron chi connectivity index (χ4n) is 4.84. The van der Waals surface area contributed by atoms with Crippen molar-refractivity contribution in [2.45, 2.75) is 25.3 Å². The van der Waals surface area contributed by atoms with Crippen LogP contribution in [0.15, 0.2) is 66.9 Å². The van der Waals surface area contributed by atoms with Crippen LogP contribution in [0.5, 0.6) is 11.5 Å². The minimum Gasteiger partial charge on any atom is -0.507 e. The largest absolute Gasteiger partial charge is 0.507 e. The molecule has 0 aliphatic carbocycles. The predicted molar refractivity (Wildman–Crippen MR) is 123 cm³/mol. The summed E-state index contributed by atoms with van der Waals surface area (Å²) in [6.07, 6.45) is 4.19. The number of ether oxygens (including phenoxy) is 1. The Morgan fingerprint density at radius 2 is 1.90 bits per heavy atom. The van der Waals surface area contributed by atoms with Crippen LogP contribution in [0, 0.1) is 0 Å². The molecule has 2 N–H and O–H groups in total. The Balaban J connectivity index is 1.43. The van der Waals surface area contributed by atoms with Crippen molar-refractivity contribution in [2.75, 3.05) is 20.2 Å². The molecular formula is C26H27N3O2. The highest BCUT2D eigenvalue weighted by Gasteiger charge is 2.26. The predicted octanol–water partition coefficient (Wildman–Crippen LogP) is 5.32. The molecule has 0 bridgehead atoms. The van der Waals surface area contributed by atoms with Crippen molar-refractivity contribution in [3.63, 3.8) is 0 Å². The van der Waals surface area contributed by atoms with Gasteiger partial charge >= 0.3 is 0 Å². The highest BCUT2D eigenvalue weighted by molar-refractivity contribution is 5.97. The van der Waals surface area contributed by atoms with Gasteiger partial charge in [-0.2, -0.15) is 5.10 Å². The van der Waals surface area contributed by atoms with E-state index in [1.165, 1.54) is 27.6 Å². The number of aromatic amines is 1. The molecule has 1 aromatic heterocycles. The molecule has 1 fully saturated rings. The molecule has 5 rings (SSSR count). The number of benzene rings is 3. The van der Waals surface area contributed by atoms with E-state index in [1.807, 2.05) is 18.3 Å². The Kier molecular flexibility index (Phi) is 5.35. The number of methoxy groups -OCH3 is 1. The number of nitrogens with one attached hydrogen (secondary N) is 1. The quantitative estimate of drug-likeness (QED) is 0.465. The third-order valence-corrected chi connectivity index (χ3v) is 6.37. The second-order valence-electron chi connectivity index (χ2n) is 8.26. The first-order valence-corrected chi connectivity index (χ1v) is 10.8. The second-order valence-corrected chi connectivity index (χ2v) is 8.26. The van der Waals surface area contributed by atoms with Crippen LogP contribution >= 0.6 is 0 Å². The summed E-state index contributed by atoms with van der Waals surface area (Å²) in [5, 5.41) is 20.6. The molecule has 3 aromatic carbocycles. The lowest BCUT2D eigenvalue weighted by molar-refractivity contribution is 0.194. The van der Waals surface area contributed by atoms with Gasteiger partial charge in [0.05, 0.1) is 13.3 Å². The van der Waals surface area contributed by atoms with Gasteiger partial charge in [0.2, 0.25) is 0 Å². The number of fused-ring (bicyclic) bond motifs is 1. The molecule has 4 aromatic rings. The SMILES string of the molecule is COc1cccc(O)c1CN1CCCC(c2[nH]ncc2-c2cccc3ccccc23)C1. The van der Waals surface area contributed by atoms with Gasteiger partial charge in [0, 0.05) is 35.8 Å². The number of piperidine rings is 1. The van der Waals surface area contributed by atoms with E-state index in [9.17, 15) is 5.11 Å². The Morgan fingerprint density at radius 1 is 1.06 bits per heavy atom. The van der Waals surface area contributed by atoms with E-state index in [0.29, 0.717) is 18.2 Å². The van der Waals surface area contributed by atoms with Gasteiger partial charge in [-0.25, -0.2) is 0 Å². The second kappa shape index (κ2) is 8.44. The van der Waals surface area contributed by atoms with Gasteiger partial charge in [0.1, 0.15) is 11.5 Å². The van der Waals surface area contributed by atoms with Crippen LogP contribution in [0.3, 0.4) is 0 Å². The third kappa shape index (κ3) is 3.77. The van der Waals surface area contributed by atoms with E-state index in [2.05, 4.69) is 57.6 Å². The zero-order valence-corrected chi connectivity index (χ0v) is 17.7. The van der Waals surface area contributed by atoms with Crippen molar-refractivity contribution >= 4 is 10.8 Å². The van der Waals surface area contributed by atoms with E-state index in [-0.39, 0.29) is 0 Å². The van der Waals surface area contributed by atoms with Crippen LogP contribution in [0.2, 0.25) is 0 Å². The molecule has 158 valence electrons. The van der Waals surface area contributed by atoms with Gasteiger partial charge in [-0.05, 0) is 47.9 Å². The molecule has 31 heavy (non-hydrogen) atoms. The number of aromatic hydroxyl groups is 1. The lowest BCUT2D eigenvalue weighted by Crippen LogP contribution is -2.34. The summed E-state index contributed by atoms with van der Waals surface area (Å²) in [5.74, 6) is 1.39. The zero-order valence-electron chi connectivity index (χ0n) is 17.7. The van der Waals surface area contributed by atoms with E-state index < -0.39 is 0 Å². The summed E-state index contributed by atoms with van der Waals surface area (Å²) in [6.45, 7) is 2.59. The number of nitrogens with zero attached hydrogens (tertiary/aromatic N) is 2. The van der Waals surface area contributed by atoms with Crippen LogP contribution in [-0.2, 0) is 6.54 Å². The van der Waals surface area contributed by atoms with Crippen LogP contribution in [-0.4, -0.2) is 40.4 Å². The maximum atomic E-state index is 10.4. The van der Waals surface area contributed by atoms with Crippen molar-refractivity contribution < 1.29 is 9.84 Å². The maximum Gasteiger partial charge on any atom is 0.127 e. The van der Waals surface area contributed by atoms with Crippen molar-refractivity contribution in [1.82, 2.24) is 15.1 Å². The summed E-state index contributed by atoms with van der Waals surface area (Å²) in [4.78, 5) is 2.40. The fourth-order valence-corrected chi connectivity index (χ4v) is 4.84. The van der Waals surface area contributed by atoms with Crippen molar-refractivity contribution in [3.05, 3.63) is 78.1 Å². The molecular weight excluding hydrogens is 386 g/mol. The minimum absolute atomic E-state index is 0.291. The van der Waals surface area contributed by atoms with Crippen LogP contribution in [0.4, 0.5) is 0 Å². The average molecular weight is 414 g/mol. The summed E-state index contributed by atoms with van der Waals surface area (Å²) >= 11 is 0. The number of aromatic nitrogens is 2. The Labute approximate surface area is 182 Å².